The van der Waals surface area contributed by atoms with Gasteiger partial charge in [0.15, 0.2) is 0 Å². The molecule has 0 saturated carbocycles. The number of carboxylic acids is 1. The van der Waals surface area contributed by atoms with Crippen LogP contribution >= 0.6 is 0 Å². The zero-order valence-electron chi connectivity index (χ0n) is 15.7. The third-order valence-electron chi connectivity index (χ3n) is 5.67. The number of rotatable bonds is 2. The molecule has 2 aliphatic heterocycles. The van der Waals surface area contributed by atoms with Crippen LogP contribution in [0.25, 0.3) is 17.0 Å². The van der Waals surface area contributed by atoms with E-state index in [0.29, 0.717) is 28.6 Å². The lowest BCUT2D eigenvalue weighted by atomic mass is 9.90. The number of aromatic carboxylic acids is 1. The van der Waals surface area contributed by atoms with Gasteiger partial charge in [-0.2, -0.15) is 0 Å². The number of carboxylic acid groups (broad SMARTS) is 1. The molecule has 27 heavy (non-hydrogen) atoms. The summed E-state index contributed by atoms with van der Waals surface area (Å²) in [5.41, 5.74) is 0.826. The molecule has 6 heteroatoms. The van der Waals surface area contributed by atoms with Crippen molar-refractivity contribution < 1.29 is 14.3 Å². The predicted molar refractivity (Wildman–Crippen MR) is 104 cm³/mol. The van der Waals surface area contributed by atoms with Crippen LogP contribution in [0, 0.1) is 17.7 Å². The number of benzene rings is 1. The van der Waals surface area contributed by atoms with Crippen molar-refractivity contribution in [3.8, 4) is 0 Å². The van der Waals surface area contributed by atoms with E-state index in [1.165, 1.54) is 12.3 Å². The van der Waals surface area contributed by atoms with Crippen LogP contribution in [0.5, 0.6) is 0 Å². The molecule has 4 rings (SSSR count). The molecule has 3 unspecified atom stereocenters. The molecule has 1 aromatic carbocycles. The maximum Gasteiger partial charge on any atom is 0.341 e. The van der Waals surface area contributed by atoms with Gasteiger partial charge in [-0.15, -0.1) is 0 Å². The number of anilines is 1. The second kappa shape index (κ2) is 6.22. The highest BCUT2D eigenvalue weighted by Gasteiger charge is 2.29. The summed E-state index contributed by atoms with van der Waals surface area (Å²) >= 11 is 0. The van der Waals surface area contributed by atoms with Gasteiger partial charge < -0.3 is 14.6 Å². The van der Waals surface area contributed by atoms with Crippen molar-refractivity contribution in [3.63, 3.8) is 0 Å². The standard InChI is InChI=1S/C21H23FN2O3/c1-11-6-12(2)9-23(8-11)19-14-5-4-13(3)24-10-16(21(26)27)20(25)15(18(14)24)7-17(19)22/h4-5,7,10-13H,6,8-9H2,1-3H3,(H,26,27). The number of carbonyl (C=O) groups is 1. The summed E-state index contributed by atoms with van der Waals surface area (Å²) < 4.78 is 17.0. The number of piperidine rings is 1. The first kappa shape index (κ1) is 17.8. The zero-order valence-corrected chi connectivity index (χ0v) is 15.7. The molecule has 0 amide bonds. The van der Waals surface area contributed by atoms with Gasteiger partial charge in [0.25, 0.3) is 0 Å². The van der Waals surface area contributed by atoms with E-state index in [4.69, 9.17) is 0 Å². The van der Waals surface area contributed by atoms with Crippen molar-refractivity contribution in [1.29, 1.82) is 0 Å². The van der Waals surface area contributed by atoms with E-state index >= 15 is 4.39 Å². The van der Waals surface area contributed by atoms with Crippen LogP contribution in [-0.4, -0.2) is 28.7 Å². The molecule has 1 aromatic heterocycles. The number of halogens is 1. The van der Waals surface area contributed by atoms with Crippen molar-refractivity contribution in [2.24, 2.45) is 11.8 Å². The topological polar surface area (TPSA) is 62.5 Å². The second-order valence-corrected chi connectivity index (χ2v) is 8.05. The van der Waals surface area contributed by atoms with Gasteiger partial charge in [-0.3, -0.25) is 4.79 Å². The fourth-order valence-corrected chi connectivity index (χ4v) is 4.63. The molecule has 0 bridgehead atoms. The molecular weight excluding hydrogens is 347 g/mol. The molecule has 0 spiro atoms. The van der Waals surface area contributed by atoms with Crippen molar-refractivity contribution in [2.45, 2.75) is 33.2 Å². The Hall–Kier alpha value is -2.63. The number of hydrogen-bond acceptors (Lipinski definition) is 3. The molecule has 1 saturated heterocycles. The van der Waals surface area contributed by atoms with Gasteiger partial charge in [0.2, 0.25) is 5.43 Å². The largest absolute Gasteiger partial charge is 0.477 e. The number of hydrogen-bond donors (Lipinski definition) is 1. The highest BCUT2D eigenvalue weighted by molar-refractivity contribution is 5.99. The van der Waals surface area contributed by atoms with Gasteiger partial charge in [0.1, 0.15) is 11.4 Å². The Kier molecular flexibility index (Phi) is 4.09. The van der Waals surface area contributed by atoms with Crippen LogP contribution in [0.4, 0.5) is 10.1 Å². The third-order valence-corrected chi connectivity index (χ3v) is 5.67. The number of nitrogens with zero attached hydrogens (tertiary/aromatic N) is 2. The monoisotopic (exact) mass is 370 g/mol. The number of allylic oxidation sites excluding steroid dienone is 1. The minimum Gasteiger partial charge on any atom is -0.477 e. The van der Waals surface area contributed by atoms with E-state index in [2.05, 4.69) is 18.7 Å². The summed E-state index contributed by atoms with van der Waals surface area (Å²) in [5, 5.41) is 9.50. The summed E-state index contributed by atoms with van der Waals surface area (Å²) in [7, 11) is 0. The smallest absolute Gasteiger partial charge is 0.341 e. The van der Waals surface area contributed by atoms with Crippen molar-refractivity contribution in [3.05, 3.63) is 45.5 Å². The molecule has 142 valence electrons. The second-order valence-electron chi connectivity index (χ2n) is 8.05. The average molecular weight is 370 g/mol. The van der Waals surface area contributed by atoms with Crippen molar-refractivity contribution in [1.82, 2.24) is 4.57 Å². The minimum atomic E-state index is -1.29. The van der Waals surface area contributed by atoms with Crippen LogP contribution < -0.4 is 10.3 Å². The van der Waals surface area contributed by atoms with E-state index in [9.17, 15) is 14.7 Å². The quantitative estimate of drug-likeness (QED) is 0.871. The molecule has 1 N–H and O–H groups in total. The molecule has 3 heterocycles. The Morgan fingerprint density at radius 1 is 1.22 bits per heavy atom. The van der Waals surface area contributed by atoms with E-state index < -0.39 is 17.2 Å². The Morgan fingerprint density at radius 3 is 2.52 bits per heavy atom. The van der Waals surface area contributed by atoms with Crippen molar-refractivity contribution >= 4 is 28.6 Å². The SMILES string of the molecule is CC1CC(C)CN(c2c(F)cc3c(=O)c(C(=O)O)cn4c3c2C=CC4C)C1. The molecule has 3 atom stereocenters. The van der Waals surface area contributed by atoms with Gasteiger partial charge in [0, 0.05) is 30.9 Å². The first-order valence-corrected chi connectivity index (χ1v) is 9.35. The highest BCUT2D eigenvalue weighted by Crippen LogP contribution is 2.38. The third kappa shape index (κ3) is 2.74. The normalized spacial score (nSPS) is 24.4. The molecule has 0 radical (unpaired) electrons. The Morgan fingerprint density at radius 2 is 1.89 bits per heavy atom. The molecule has 2 aliphatic rings. The van der Waals surface area contributed by atoms with Gasteiger partial charge in [-0.25, -0.2) is 9.18 Å². The van der Waals surface area contributed by atoms with Gasteiger partial charge in [0.05, 0.1) is 16.6 Å². The summed E-state index contributed by atoms with van der Waals surface area (Å²) in [6, 6.07) is 1.10. The summed E-state index contributed by atoms with van der Waals surface area (Å²) in [4.78, 5) is 26.2. The minimum absolute atomic E-state index is 0.115. The summed E-state index contributed by atoms with van der Waals surface area (Å²) in [5.74, 6) is -0.848. The molecule has 0 aliphatic carbocycles. The lowest BCUT2D eigenvalue weighted by Crippen LogP contribution is -2.40. The fraction of sp³-hybridized carbons (Fsp3) is 0.429. The van der Waals surface area contributed by atoms with Gasteiger partial charge in [-0.05, 0) is 31.2 Å². The van der Waals surface area contributed by atoms with E-state index in [1.807, 2.05) is 19.1 Å². The van der Waals surface area contributed by atoms with E-state index in [-0.39, 0.29) is 17.0 Å². The van der Waals surface area contributed by atoms with Gasteiger partial charge in [-0.1, -0.05) is 26.0 Å². The molecular formula is C21H23FN2O3. The number of aromatic nitrogens is 1. The lowest BCUT2D eigenvalue weighted by Gasteiger charge is -2.38. The lowest BCUT2D eigenvalue weighted by molar-refractivity contribution is 0.0694. The Labute approximate surface area is 156 Å². The molecule has 1 fully saturated rings. The van der Waals surface area contributed by atoms with Gasteiger partial charge >= 0.3 is 5.97 Å². The molecule has 2 aromatic rings. The van der Waals surface area contributed by atoms with Crippen LogP contribution in [0.2, 0.25) is 0 Å². The Bertz CT molecular complexity index is 1030. The number of pyridine rings is 1. The highest BCUT2D eigenvalue weighted by atomic mass is 19.1. The summed E-state index contributed by atoms with van der Waals surface area (Å²) in [6.45, 7) is 7.78. The van der Waals surface area contributed by atoms with Crippen LogP contribution in [0.1, 0.15) is 49.2 Å². The van der Waals surface area contributed by atoms with E-state index in [1.54, 1.807) is 4.57 Å². The van der Waals surface area contributed by atoms with Crippen molar-refractivity contribution in [2.75, 3.05) is 18.0 Å². The van der Waals surface area contributed by atoms with Crippen LogP contribution in [0.15, 0.2) is 23.1 Å². The maximum atomic E-state index is 15.2. The van der Waals surface area contributed by atoms with Crippen LogP contribution in [-0.2, 0) is 0 Å². The maximum absolute atomic E-state index is 15.2. The summed E-state index contributed by atoms with van der Waals surface area (Å²) in [6.07, 6.45) is 6.28. The zero-order chi connectivity index (χ0) is 19.5. The molecule has 5 nitrogen and oxygen atoms in total. The van der Waals surface area contributed by atoms with Crippen LogP contribution in [0.3, 0.4) is 0 Å². The Balaban J connectivity index is 2.03. The first-order valence-electron chi connectivity index (χ1n) is 9.35. The average Bonchev–Trinajstić information content (AvgIpc) is 2.58. The van der Waals surface area contributed by atoms with E-state index in [0.717, 1.165) is 19.5 Å². The predicted octanol–water partition coefficient (Wildman–Crippen LogP) is 3.91. The fourth-order valence-electron chi connectivity index (χ4n) is 4.63. The first-order chi connectivity index (χ1) is 12.8.